The fourth-order valence-electron chi connectivity index (χ4n) is 5.48. The summed E-state index contributed by atoms with van der Waals surface area (Å²) in [4.78, 5) is 28.0. The SMILES string of the molecule is Cn1nc2c(=O)n(CC3(O)CCN(Cc4ccc(-c5cncnc5)cc4F)CC3)cnc2c1-c1ccc(CN)cc1. The van der Waals surface area contributed by atoms with Crippen LogP contribution < -0.4 is 11.3 Å². The van der Waals surface area contributed by atoms with Crippen LogP contribution in [0, 0.1) is 5.82 Å². The molecule has 6 rings (SSSR count). The van der Waals surface area contributed by atoms with Crippen molar-refractivity contribution in [2.75, 3.05) is 13.1 Å². The lowest BCUT2D eigenvalue weighted by atomic mass is 9.91. The molecule has 41 heavy (non-hydrogen) atoms. The highest BCUT2D eigenvalue weighted by Crippen LogP contribution is 2.28. The Morgan fingerprint density at radius 3 is 2.39 bits per heavy atom. The van der Waals surface area contributed by atoms with Gasteiger partial charge in [-0.15, -0.1) is 0 Å². The number of piperidine rings is 1. The maximum Gasteiger partial charge on any atom is 0.281 e. The lowest BCUT2D eigenvalue weighted by molar-refractivity contribution is -0.0366. The molecule has 0 aliphatic carbocycles. The molecule has 3 aromatic heterocycles. The van der Waals surface area contributed by atoms with Crippen LogP contribution in [0.25, 0.3) is 33.4 Å². The lowest BCUT2D eigenvalue weighted by Gasteiger charge is -2.38. The number of aromatic nitrogens is 6. The smallest absolute Gasteiger partial charge is 0.281 e. The number of rotatable bonds is 7. The Kier molecular flexibility index (Phi) is 7.16. The molecule has 0 spiro atoms. The van der Waals surface area contributed by atoms with Gasteiger partial charge in [0.2, 0.25) is 0 Å². The van der Waals surface area contributed by atoms with Gasteiger partial charge in [0.1, 0.15) is 17.7 Å². The summed E-state index contributed by atoms with van der Waals surface area (Å²) in [5.41, 5.74) is 9.84. The second kappa shape index (κ2) is 10.9. The number of nitrogens with zero attached hydrogens (tertiary/aromatic N) is 7. The van der Waals surface area contributed by atoms with E-state index in [0.717, 1.165) is 27.9 Å². The van der Waals surface area contributed by atoms with E-state index >= 15 is 0 Å². The highest BCUT2D eigenvalue weighted by Gasteiger charge is 2.33. The number of fused-ring (bicyclic) bond motifs is 1. The molecular formula is C30H31FN8O2. The van der Waals surface area contributed by atoms with E-state index in [1.54, 1.807) is 30.2 Å². The summed E-state index contributed by atoms with van der Waals surface area (Å²) in [5, 5.41) is 15.8. The predicted molar refractivity (Wildman–Crippen MR) is 153 cm³/mol. The fourth-order valence-corrected chi connectivity index (χ4v) is 5.48. The Labute approximate surface area is 235 Å². The van der Waals surface area contributed by atoms with Gasteiger partial charge in [-0.3, -0.25) is 18.9 Å². The molecule has 0 saturated carbocycles. The first-order valence-corrected chi connectivity index (χ1v) is 13.5. The molecule has 11 heteroatoms. The molecule has 3 N–H and O–H groups in total. The van der Waals surface area contributed by atoms with E-state index in [2.05, 4.69) is 25.0 Å². The fraction of sp³-hybridized carbons (Fsp3) is 0.300. The van der Waals surface area contributed by atoms with Crippen molar-refractivity contribution < 1.29 is 9.50 Å². The van der Waals surface area contributed by atoms with E-state index in [-0.39, 0.29) is 23.4 Å². The average molecular weight is 555 g/mol. The second-order valence-corrected chi connectivity index (χ2v) is 10.7. The summed E-state index contributed by atoms with van der Waals surface area (Å²) < 4.78 is 18.0. The number of halogens is 1. The molecule has 1 aliphatic heterocycles. The summed E-state index contributed by atoms with van der Waals surface area (Å²) >= 11 is 0. The molecule has 0 bridgehead atoms. The van der Waals surface area contributed by atoms with E-state index in [1.807, 2.05) is 30.3 Å². The molecule has 0 amide bonds. The normalized spacial score (nSPS) is 15.4. The Bertz CT molecular complexity index is 1740. The van der Waals surface area contributed by atoms with Crippen molar-refractivity contribution >= 4 is 11.0 Å². The van der Waals surface area contributed by atoms with E-state index in [0.29, 0.717) is 50.1 Å². The van der Waals surface area contributed by atoms with Gasteiger partial charge in [0.25, 0.3) is 5.56 Å². The van der Waals surface area contributed by atoms with Crippen LogP contribution in [0.2, 0.25) is 0 Å². The topological polar surface area (TPSA) is 128 Å². The number of aryl methyl sites for hydroxylation is 1. The Hall–Kier alpha value is -4.32. The molecule has 0 atom stereocenters. The average Bonchev–Trinajstić information content (AvgIpc) is 3.34. The molecule has 1 fully saturated rings. The number of nitrogens with two attached hydrogens (primary N) is 1. The summed E-state index contributed by atoms with van der Waals surface area (Å²) in [5.74, 6) is -0.289. The van der Waals surface area contributed by atoms with Gasteiger partial charge in [0.15, 0.2) is 5.52 Å². The summed E-state index contributed by atoms with van der Waals surface area (Å²) in [6.45, 7) is 2.14. The van der Waals surface area contributed by atoms with Crippen LogP contribution in [-0.4, -0.2) is 58.0 Å². The van der Waals surface area contributed by atoms with Crippen LogP contribution in [0.5, 0.6) is 0 Å². The van der Waals surface area contributed by atoms with Crippen LogP contribution in [0.3, 0.4) is 0 Å². The summed E-state index contributed by atoms with van der Waals surface area (Å²) in [6.07, 6.45) is 7.12. The number of hydrogen-bond acceptors (Lipinski definition) is 8. The summed E-state index contributed by atoms with van der Waals surface area (Å²) in [6, 6.07) is 12.9. The second-order valence-electron chi connectivity index (χ2n) is 10.7. The van der Waals surface area contributed by atoms with E-state index < -0.39 is 5.60 Å². The van der Waals surface area contributed by atoms with E-state index in [1.165, 1.54) is 23.3 Å². The first-order chi connectivity index (χ1) is 19.8. The minimum absolute atomic E-state index is 0.113. The van der Waals surface area contributed by atoms with Gasteiger partial charge >= 0.3 is 0 Å². The van der Waals surface area contributed by atoms with Crippen molar-refractivity contribution in [2.24, 2.45) is 12.8 Å². The quantitative estimate of drug-likeness (QED) is 0.314. The van der Waals surface area contributed by atoms with Crippen LogP contribution >= 0.6 is 0 Å². The zero-order chi connectivity index (χ0) is 28.6. The molecule has 2 aromatic carbocycles. The molecule has 4 heterocycles. The number of likely N-dealkylation sites (tertiary alicyclic amines) is 1. The van der Waals surface area contributed by atoms with Crippen LogP contribution in [0.15, 0.2) is 72.3 Å². The maximum atomic E-state index is 14.9. The van der Waals surface area contributed by atoms with Crippen molar-refractivity contribution in [3.63, 3.8) is 0 Å². The lowest BCUT2D eigenvalue weighted by Crippen LogP contribution is -2.47. The predicted octanol–water partition coefficient (Wildman–Crippen LogP) is 2.88. The van der Waals surface area contributed by atoms with Crippen molar-refractivity contribution in [2.45, 2.75) is 38.1 Å². The van der Waals surface area contributed by atoms with Crippen molar-refractivity contribution in [1.82, 2.24) is 34.2 Å². The Morgan fingerprint density at radius 2 is 1.71 bits per heavy atom. The third-order valence-corrected chi connectivity index (χ3v) is 7.87. The Morgan fingerprint density at radius 1 is 1.00 bits per heavy atom. The molecule has 10 nitrogen and oxygen atoms in total. The minimum Gasteiger partial charge on any atom is -0.388 e. The molecule has 5 aromatic rings. The highest BCUT2D eigenvalue weighted by atomic mass is 19.1. The molecule has 1 aliphatic rings. The van der Waals surface area contributed by atoms with Crippen LogP contribution in [0.4, 0.5) is 4.39 Å². The van der Waals surface area contributed by atoms with E-state index in [9.17, 15) is 14.3 Å². The molecular weight excluding hydrogens is 523 g/mol. The zero-order valence-corrected chi connectivity index (χ0v) is 22.7. The first kappa shape index (κ1) is 26.9. The van der Waals surface area contributed by atoms with Crippen LogP contribution in [0.1, 0.15) is 24.0 Å². The monoisotopic (exact) mass is 554 g/mol. The van der Waals surface area contributed by atoms with Gasteiger partial charge in [0.05, 0.1) is 24.2 Å². The maximum absolute atomic E-state index is 14.9. The van der Waals surface area contributed by atoms with Gasteiger partial charge in [0, 0.05) is 62.3 Å². The van der Waals surface area contributed by atoms with Gasteiger partial charge < -0.3 is 10.8 Å². The van der Waals surface area contributed by atoms with Gasteiger partial charge in [-0.25, -0.2) is 19.3 Å². The largest absolute Gasteiger partial charge is 0.388 e. The van der Waals surface area contributed by atoms with Crippen LogP contribution in [-0.2, 0) is 26.7 Å². The Balaban J connectivity index is 1.14. The molecule has 1 saturated heterocycles. The number of aliphatic hydroxyl groups is 1. The minimum atomic E-state index is -1.08. The zero-order valence-electron chi connectivity index (χ0n) is 22.7. The number of benzene rings is 2. The summed E-state index contributed by atoms with van der Waals surface area (Å²) in [7, 11) is 1.79. The van der Waals surface area contributed by atoms with Crippen molar-refractivity contribution in [3.05, 3.63) is 94.8 Å². The standard InChI is InChI=1S/C30H31FN8O2/c1-37-28(21-4-2-20(13-32)3-5-21)26-27(36-37)29(40)39(19-35-26)17-30(41)8-10-38(11-9-30)16-23-7-6-22(12-25(23)31)24-14-33-18-34-15-24/h2-7,12,14-15,18-19,41H,8-11,13,16-17,32H2,1H3. The molecule has 0 unspecified atom stereocenters. The van der Waals surface area contributed by atoms with Gasteiger partial charge in [-0.05, 0) is 30.0 Å². The van der Waals surface area contributed by atoms with E-state index in [4.69, 9.17) is 5.73 Å². The number of hydrogen-bond donors (Lipinski definition) is 2. The molecule has 210 valence electrons. The third-order valence-electron chi connectivity index (χ3n) is 7.87. The molecule has 0 radical (unpaired) electrons. The third kappa shape index (κ3) is 5.39. The highest BCUT2D eigenvalue weighted by molar-refractivity contribution is 5.89. The van der Waals surface area contributed by atoms with Gasteiger partial charge in [-0.2, -0.15) is 5.10 Å². The van der Waals surface area contributed by atoms with Crippen molar-refractivity contribution in [1.29, 1.82) is 0 Å². The van der Waals surface area contributed by atoms with Gasteiger partial charge in [-0.1, -0.05) is 36.4 Å². The van der Waals surface area contributed by atoms with Crippen molar-refractivity contribution in [3.8, 4) is 22.4 Å². The first-order valence-electron chi connectivity index (χ1n) is 13.5.